The van der Waals surface area contributed by atoms with Gasteiger partial charge in [-0.05, 0) is 35.9 Å². The monoisotopic (exact) mass is 458 g/mol. The molecule has 3 aromatic carbocycles. The number of nitro groups is 1. The molecule has 2 fully saturated rings. The van der Waals surface area contributed by atoms with Crippen LogP contribution in [0.1, 0.15) is 11.6 Å². The number of carbonyl (C=O) groups excluding carboxylic acids is 2. The zero-order chi connectivity index (χ0) is 24.0. The molecule has 5 rings (SSSR count). The van der Waals surface area contributed by atoms with Crippen LogP contribution < -0.4 is 14.9 Å². The molecular weight excluding hydrogens is 436 g/mol. The van der Waals surface area contributed by atoms with Crippen LogP contribution in [0.2, 0.25) is 0 Å². The van der Waals surface area contributed by atoms with E-state index in [1.807, 2.05) is 73.6 Å². The fourth-order valence-electron chi connectivity index (χ4n) is 4.52. The van der Waals surface area contributed by atoms with Crippen molar-refractivity contribution in [2.45, 2.75) is 12.1 Å². The second-order valence-electron chi connectivity index (χ2n) is 8.43. The Morgan fingerprint density at radius 1 is 0.882 bits per heavy atom. The van der Waals surface area contributed by atoms with E-state index in [1.54, 1.807) is 5.06 Å². The van der Waals surface area contributed by atoms with Gasteiger partial charge in [0.15, 0.2) is 6.10 Å². The van der Waals surface area contributed by atoms with E-state index < -0.39 is 34.8 Å². The summed E-state index contributed by atoms with van der Waals surface area (Å²) in [5.41, 5.74) is 2.51. The second kappa shape index (κ2) is 8.27. The second-order valence-corrected chi connectivity index (χ2v) is 8.43. The Kier molecular flexibility index (Phi) is 5.25. The molecule has 0 unspecified atom stereocenters. The molecular formula is C25H22N4O5. The predicted octanol–water partition coefficient (Wildman–Crippen LogP) is 3.71. The Morgan fingerprint density at radius 2 is 1.56 bits per heavy atom. The van der Waals surface area contributed by atoms with E-state index in [0.717, 1.165) is 21.8 Å². The molecule has 0 N–H and O–H groups in total. The molecule has 0 radical (unpaired) electrons. The molecule has 172 valence electrons. The number of nitrogens with zero attached hydrogens (tertiary/aromatic N) is 4. The maximum absolute atomic E-state index is 13.6. The zero-order valence-corrected chi connectivity index (χ0v) is 18.6. The third-order valence-corrected chi connectivity index (χ3v) is 6.18. The van der Waals surface area contributed by atoms with Crippen molar-refractivity contribution in [2.75, 3.05) is 29.0 Å². The third-order valence-electron chi connectivity index (χ3n) is 6.18. The molecule has 0 bridgehead atoms. The number of rotatable bonds is 5. The Morgan fingerprint density at radius 3 is 2.21 bits per heavy atom. The first-order valence-corrected chi connectivity index (χ1v) is 10.8. The summed E-state index contributed by atoms with van der Waals surface area (Å²) in [6.07, 6.45) is -1.04. The Labute approximate surface area is 195 Å². The van der Waals surface area contributed by atoms with E-state index in [0.29, 0.717) is 0 Å². The number of hydroxylamine groups is 1. The van der Waals surface area contributed by atoms with Crippen LogP contribution in [-0.4, -0.2) is 36.9 Å². The van der Waals surface area contributed by atoms with Gasteiger partial charge in [0.25, 0.3) is 11.6 Å². The number of imide groups is 1. The number of hydrogen-bond acceptors (Lipinski definition) is 7. The number of nitro benzene ring substituents is 1. The average molecular weight is 458 g/mol. The summed E-state index contributed by atoms with van der Waals surface area (Å²) in [7, 11) is 3.88. The van der Waals surface area contributed by atoms with Crippen LogP contribution in [0.15, 0.2) is 78.9 Å². The van der Waals surface area contributed by atoms with Crippen molar-refractivity contribution in [3.05, 3.63) is 94.5 Å². The molecule has 2 heterocycles. The molecule has 2 amide bonds. The normalized spacial score (nSPS) is 21.6. The van der Waals surface area contributed by atoms with Crippen molar-refractivity contribution >= 4 is 34.6 Å². The van der Waals surface area contributed by atoms with Gasteiger partial charge in [0.2, 0.25) is 5.91 Å². The highest BCUT2D eigenvalue weighted by Crippen LogP contribution is 2.47. The lowest BCUT2D eigenvalue weighted by Gasteiger charge is -2.29. The van der Waals surface area contributed by atoms with Crippen LogP contribution in [0.25, 0.3) is 0 Å². The van der Waals surface area contributed by atoms with Crippen LogP contribution in [0.3, 0.4) is 0 Å². The molecule has 34 heavy (non-hydrogen) atoms. The fourth-order valence-corrected chi connectivity index (χ4v) is 4.52. The van der Waals surface area contributed by atoms with E-state index in [9.17, 15) is 19.7 Å². The number of para-hydroxylation sites is 1. The maximum atomic E-state index is 13.6. The van der Waals surface area contributed by atoms with Gasteiger partial charge in [0.1, 0.15) is 5.92 Å². The largest absolute Gasteiger partial charge is 0.378 e. The van der Waals surface area contributed by atoms with Crippen LogP contribution >= 0.6 is 0 Å². The standard InChI is InChI=1S/C25H22N4O5/c1-26(2)17-13-11-16(12-14-17)22-21-23(34-28(22)18-7-4-3-5-8-18)25(31)27(24(21)30)19-9-6-10-20(15-19)29(32)33/h3-15,21-23H,1-2H3/t21-,22-,23-/m0/s1. The van der Waals surface area contributed by atoms with Gasteiger partial charge in [0, 0.05) is 31.9 Å². The maximum Gasteiger partial charge on any atom is 0.271 e. The summed E-state index contributed by atoms with van der Waals surface area (Å²) in [4.78, 5) is 46.7. The molecule has 2 saturated heterocycles. The van der Waals surface area contributed by atoms with Gasteiger partial charge in [0.05, 0.1) is 22.3 Å². The van der Waals surface area contributed by atoms with Crippen LogP contribution in [-0.2, 0) is 14.4 Å². The highest BCUT2D eigenvalue weighted by Gasteiger charge is 2.60. The zero-order valence-electron chi connectivity index (χ0n) is 18.6. The van der Waals surface area contributed by atoms with Crippen molar-refractivity contribution in [1.82, 2.24) is 0 Å². The lowest BCUT2D eigenvalue weighted by atomic mass is 9.90. The first-order chi connectivity index (χ1) is 16.4. The number of benzene rings is 3. The van der Waals surface area contributed by atoms with Gasteiger partial charge in [-0.2, -0.15) is 0 Å². The summed E-state index contributed by atoms with van der Waals surface area (Å²) < 4.78 is 0. The smallest absolute Gasteiger partial charge is 0.271 e. The summed E-state index contributed by atoms with van der Waals surface area (Å²) in [5.74, 6) is -1.79. The van der Waals surface area contributed by atoms with Crippen molar-refractivity contribution < 1.29 is 19.3 Å². The number of amides is 2. The van der Waals surface area contributed by atoms with Crippen LogP contribution in [0, 0.1) is 16.0 Å². The van der Waals surface area contributed by atoms with Crippen LogP contribution in [0.4, 0.5) is 22.7 Å². The predicted molar refractivity (Wildman–Crippen MR) is 126 cm³/mol. The summed E-state index contributed by atoms with van der Waals surface area (Å²) in [6, 6.07) is 22.0. The molecule has 3 atom stereocenters. The molecule has 3 aromatic rings. The molecule has 0 spiro atoms. The summed E-state index contributed by atoms with van der Waals surface area (Å²) in [6.45, 7) is 0. The average Bonchev–Trinajstić information content (AvgIpc) is 3.35. The van der Waals surface area contributed by atoms with E-state index >= 15 is 0 Å². The van der Waals surface area contributed by atoms with E-state index in [4.69, 9.17) is 4.84 Å². The number of hydrogen-bond donors (Lipinski definition) is 0. The number of carbonyl (C=O) groups is 2. The lowest BCUT2D eigenvalue weighted by Crippen LogP contribution is -2.37. The van der Waals surface area contributed by atoms with Gasteiger partial charge in [-0.1, -0.05) is 36.4 Å². The molecule has 0 saturated carbocycles. The van der Waals surface area contributed by atoms with Gasteiger partial charge in [-0.15, -0.1) is 0 Å². The molecule has 2 aliphatic heterocycles. The van der Waals surface area contributed by atoms with Gasteiger partial charge >= 0.3 is 0 Å². The molecule has 0 aliphatic carbocycles. The van der Waals surface area contributed by atoms with Crippen molar-refractivity contribution in [3.63, 3.8) is 0 Å². The fraction of sp³-hybridized carbons (Fsp3) is 0.200. The minimum atomic E-state index is -1.04. The van der Waals surface area contributed by atoms with Crippen molar-refractivity contribution in [1.29, 1.82) is 0 Å². The van der Waals surface area contributed by atoms with Crippen molar-refractivity contribution in [2.24, 2.45) is 5.92 Å². The first-order valence-electron chi connectivity index (χ1n) is 10.8. The van der Waals surface area contributed by atoms with E-state index in [1.165, 1.54) is 24.3 Å². The minimum absolute atomic E-state index is 0.162. The lowest BCUT2D eigenvalue weighted by molar-refractivity contribution is -0.384. The van der Waals surface area contributed by atoms with Crippen LogP contribution in [0.5, 0.6) is 0 Å². The quantitative estimate of drug-likeness (QED) is 0.327. The highest BCUT2D eigenvalue weighted by molar-refractivity contribution is 6.24. The highest BCUT2D eigenvalue weighted by atomic mass is 16.7. The first kappa shape index (κ1) is 21.6. The summed E-state index contributed by atoms with van der Waals surface area (Å²) >= 11 is 0. The SMILES string of the molecule is CN(C)c1ccc([C@H]2[C@@H]3C(=O)N(c4cccc([N+](=O)[O-])c4)C(=O)[C@H]3ON2c2ccccc2)cc1. The number of anilines is 3. The topological polar surface area (TPSA) is 96.2 Å². The molecule has 0 aromatic heterocycles. The van der Waals surface area contributed by atoms with Crippen molar-refractivity contribution in [3.8, 4) is 0 Å². The third kappa shape index (κ3) is 3.46. The Bertz CT molecular complexity index is 1260. The molecule has 2 aliphatic rings. The number of fused-ring (bicyclic) bond motifs is 1. The minimum Gasteiger partial charge on any atom is -0.378 e. The molecule has 9 nitrogen and oxygen atoms in total. The van der Waals surface area contributed by atoms with Gasteiger partial charge in [-0.3, -0.25) is 24.5 Å². The summed E-state index contributed by atoms with van der Waals surface area (Å²) in [5, 5.41) is 12.8. The van der Waals surface area contributed by atoms with E-state index in [2.05, 4.69) is 0 Å². The van der Waals surface area contributed by atoms with E-state index in [-0.39, 0.29) is 11.4 Å². The Balaban J connectivity index is 1.56. The molecule has 9 heteroatoms. The van der Waals surface area contributed by atoms with Gasteiger partial charge in [-0.25, -0.2) is 9.96 Å². The Hall–Kier alpha value is -4.24. The van der Waals surface area contributed by atoms with Gasteiger partial charge < -0.3 is 4.90 Å². The number of non-ortho nitro benzene ring substituents is 1.